The first-order valence-electron chi connectivity index (χ1n) is 20.2. The first-order valence-corrected chi connectivity index (χ1v) is 26.0. The molecular formula is C40H85NO4Si2. The van der Waals surface area contributed by atoms with Gasteiger partial charge >= 0.3 is 5.97 Å². The van der Waals surface area contributed by atoms with Crippen molar-refractivity contribution >= 4 is 22.6 Å². The second-order valence-corrected chi connectivity index (χ2v) is 27.3. The van der Waals surface area contributed by atoms with Gasteiger partial charge in [-0.25, -0.2) is 0 Å². The third kappa shape index (κ3) is 23.0. The molecule has 282 valence electrons. The lowest BCUT2D eigenvalue weighted by atomic mass is 10.0. The van der Waals surface area contributed by atoms with E-state index in [1.807, 2.05) is 0 Å². The van der Waals surface area contributed by atoms with E-state index >= 15 is 0 Å². The van der Waals surface area contributed by atoms with Crippen molar-refractivity contribution in [2.24, 2.45) is 0 Å². The minimum atomic E-state index is -1.97. The van der Waals surface area contributed by atoms with E-state index in [1.165, 1.54) is 103 Å². The van der Waals surface area contributed by atoms with Crippen molar-refractivity contribution in [1.29, 1.82) is 0 Å². The summed E-state index contributed by atoms with van der Waals surface area (Å²) in [4.78, 5) is 14.1. The fraction of sp³-hybridized carbons (Fsp3) is 0.975. The smallest absolute Gasteiger partial charge is 0.303 e. The zero-order valence-corrected chi connectivity index (χ0v) is 36.0. The van der Waals surface area contributed by atoms with Gasteiger partial charge in [0.1, 0.15) is 0 Å². The number of unbranched alkanes of at least 4 members (excludes halogenated alkanes) is 14. The highest BCUT2D eigenvalue weighted by Gasteiger charge is 2.41. The molecule has 0 rings (SSSR count). The van der Waals surface area contributed by atoms with Crippen LogP contribution >= 0.6 is 0 Å². The van der Waals surface area contributed by atoms with E-state index in [-0.39, 0.29) is 28.7 Å². The number of hydrogen-bond acceptors (Lipinski definition) is 4. The Hall–Kier alpha value is -0.216. The summed E-state index contributed by atoms with van der Waals surface area (Å²) >= 11 is 0. The summed E-state index contributed by atoms with van der Waals surface area (Å²) in [5, 5.41) is 9.80. The molecule has 47 heavy (non-hydrogen) atoms. The minimum absolute atomic E-state index is 0.156. The number of rotatable bonds is 30. The lowest BCUT2D eigenvalue weighted by molar-refractivity contribution is -0.137. The van der Waals surface area contributed by atoms with Gasteiger partial charge in [0, 0.05) is 19.5 Å². The topological polar surface area (TPSA) is 59.0 Å². The van der Waals surface area contributed by atoms with E-state index in [2.05, 4.69) is 86.5 Å². The predicted molar refractivity (Wildman–Crippen MR) is 212 cm³/mol. The third-order valence-corrected chi connectivity index (χ3v) is 20.2. The quantitative estimate of drug-likeness (QED) is 0.0597. The summed E-state index contributed by atoms with van der Waals surface area (Å²) < 4.78 is 14.3. The molecule has 5 nitrogen and oxygen atoms in total. The summed E-state index contributed by atoms with van der Waals surface area (Å²) in [5.74, 6) is -0.703. The summed E-state index contributed by atoms with van der Waals surface area (Å²) in [6.07, 6.45) is 24.5. The van der Waals surface area contributed by atoms with Gasteiger partial charge in [-0.1, -0.05) is 158 Å². The summed E-state index contributed by atoms with van der Waals surface area (Å²) in [6.45, 7) is 30.7. The normalized spacial score (nSPS) is 14.6. The van der Waals surface area contributed by atoms with Crippen LogP contribution in [0.2, 0.25) is 36.3 Å². The Kier molecular flexibility index (Phi) is 24.7. The van der Waals surface area contributed by atoms with Gasteiger partial charge in [-0.05, 0) is 62.1 Å². The Morgan fingerprint density at radius 1 is 0.574 bits per heavy atom. The number of carboxylic acid groups (broad SMARTS) is 1. The fourth-order valence-corrected chi connectivity index (χ4v) is 8.62. The zero-order valence-electron chi connectivity index (χ0n) is 34.0. The van der Waals surface area contributed by atoms with E-state index in [0.29, 0.717) is 6.42 Å². The van der Waals surface area contributed by atoms with Crippen LogP contribution in [-0.4, -0.2) is 64.5 Å². The van der Waals surface area contributed by atoms with Crippen LogP contribution in [0.4, 0.5) is 0 Å². The highest BCUT2D eigenvalue weighted by molar-refractivity contribution is 6.74. The molecule has 0 radical (unpaired) electrons. The van der Waals surface area contributed by atoms with E-state index in [0.717, 1.165) is 32.5 Å². The molecule has 2 atom stereocenters. The molecule has 0 saturated heterocycles. The van der Waals surface area contributed by atoms with Crippen molar-refractivity contribution in [2.45, 2.75) is 232 Å². The fourth-order valence-electron chi connectivity index (χ4n) is 5.86. The van der Waals surface area contributed by atoms with Crippen LogP contribution < -0.4 is 0 Å². The van der Waals surface area contributed by atoms with Crippen molar-refractivity contribution in [2.75, 3.05) is 19.6 Å². The number of aliphatic carboxylic acids is 1. The third-order valence-electron chi connectivity index (χ3n) is 11.1. The molecule has 0 saturated carbocycles. The molecule has 0 fully saturated rings. The lowest BCUT2D eigenvalue weighted by Gasteiger charge is -2.42. The van der Waals surface area contributed by atoms with E-state index in [4.69, 9.17) is 8.85 Å². The Morgan fingerprint density at radius 2 is 0.894 bits per heavy atom. The van der Waals surface area contributed by atoms with E-state index in [1.54, 1.807) is 0 Å². The van der Waals surface area contributed by atoms with Gasteiger partial charge in [-0.2, -0.15) is 0 Å². The van der Waals surface area contributed by atoms with Crippen LogP contribution in [0.25, 0.3) is 0 Å². The second kappa shape index (κ2) is 24.9. The van der Waals surface area contributed by atoms with Crippen molar-refractivity contribution < 1.29 is 18.8 Å². The minimum Gasteiger partial charge on any atom is -0.481 e. The monoisotopic (exact) mass is 700 g/mol. The molecule has 0 aliphatic carbocycles. The first kappa shape index (κ1) is 46.8. The van der Waals surface area contributed by atoms with Crippen molar-refractivity contribution in [3.63, 3.8) is 0 Å². The van der Waals surface area contributed by atoms with Crippen LogP contribution in [0.5, 0.6) is 0 Å². The Morgan fingerprint density at radius 3 is 1.19 bits per heavy atom. The van der Waals surface area contributed by atoms with Crippen LogP contribution in [-0.2, 0) is 13.6 Å². The molecule has 0 aliphatic rings. The lowest BCUT2D eigenvalue weighted by Crippen LogP contribution is -2.50. The van der Waals surface area contributed by atoms with E-state index in [9.17, 15) is 9.90 Å². The van der Waals surface area contributed by atoms with Crippen molar-refractivity contribution in [1.82, 2.24) is 4.90 Å². The molecule has 0 spiro atoms. The van der Waals surface area contributed by atoms with E-state index < -0.39 is 22.6 Å². The predicted octanol–water partition coefficient (Wildman–Crippen LogP) is 13.0. The number of carboxylic acids is 1. The molecule has 0 aromatic heterocycles. The molecule has 0 aliphatic heterocycles. The van der Waals surface area contributed by atoms with Crippen molar-refractivity contribution in [3.8, 4) is 0 Å². The maximum atomic E-state index is 11.5. The Bertz CT molecular complexity index is 721. The van der Waals surface area contributed by atoms with Gasteiger partial charge in [0.2, 0.25) is 0 Å². The first-order chi connectivity index (χ1) is 21.9. The molecule has 0 bridgehead atoms. The number of nitrogens with zero attached hydrogens (tertiary/aromatic N) is 1. The van der Waals surface area contributed by atoms with Gasteiger partial charge in [0.15, 0.2) is 16.6 Å². The molecule has 7 heteroatoms. The highest BCUT2D eigenvalue weighted by Crippen LogP contribution is 2.39. The number of hydrogen-bond donors (Lipinski definition) is 1. The van der Waals surface area contributed by atoms with Crippen molar-refractivity contribution in [3.05, 3.63) is 0 Å². The molecule has 0 aromatic rings. The average Bonchev–Trinajstić information content (AvgIpc) is 2.93. The average molecular weight is 700 g/mol. The summed E-state index contributed by atoms with van der Waals surface area (Å²) in [5.41, 5.74) is 0. The maximum absolute atomic E-state index is 11.5. The molecular weight excluding hydrogens is 615 g/mol. The molecule has 0 aromatic carbocycles. The second-order valence-electron chi connectivity index (χ2n) is 17.8. The van der Waals surface area contributed by atoms with Gasteiger partial charge in [0.05, 0.1) is 12.2 Å². The molecule has 0 amide bonds. The van der Waals surface area contributed by atoms with Gasteiger partial charge in [-0.3, -0.25) is 9.69 Å². The zero-order chi connectivity index (χ0) is 36.0. The molecule has 0 heterocycles. The molecule has 0 unspecified atom stereocenters. The largest absolute Gasteiger partial charge is 0.481 e. The van der Waals surface area contributed by atoms with Crippen LogP contribution in [0, 0.1) is 0 Å². The van der Waals surface area contributed by atoms with Gasteiger partial charge in [0.25, 0.3) is 0 Å². The van der Waals surface area contributed by atoms with Crippen LogP contribution in [0.15, 0.2) is 0 Å². The van der Waals surface area contributed by atoms with Crippen LogP contribution in [0.1, 0.15) is 184 Å². The summed E-state index contributed by atoms with van der Waals surface area (Å²) in [6, 6.07) is 0. The SMILES string of the molecule is CCCCCCCCCC[C@H](CN(CCCC(=O)O)C[C@@H](CCCCCCCCCC)O[Si](C)(C)C(C)(C)C)O[Si](C)(C)C(C)(C)C. The molecule has 1 N–H and O–H groups in total. The number of carbonyl (C=O) groups is 1. The van der Waals surface area contributed by atoms with Crippen LogP contribution in [0.3, 0.4) is 0 Å². The highest BCUT2D eigenvalue weighted by atomic mass is 28.4. The summed E-state index contributed by atoms with van der Waals surface area (Å²) in [7, 11) is -3.93. The Balaban J connectivity index is 5.81. The Labute approximate surface area is 297 Å². The maximum Gasteiger partial charge on any atom is 0.303 e. The van der Waals surface area contributed by atoms with Gasteiger partial charge in [-0.15, -0.1) is 0 Å². The standard InChI is InChI=1S/C40H85NO4Si2/c1-13-15-17-19-21-23-25-27-30-36(44-46(9,10)39(3,4)5)34-41(33-29-32-38(42)43)35-37(45-47(11,12)40(6,7)8)31-28-26-24-22-20-18-16-14-2/h36-37H,13-35H2,1-12H3,(H,42,43)/t36-,37-/m1/s1. The van der Waals surface area contributed by atoms with Gasteiger partial charge < -0.3 is 14.0 Å².